The van der Waals surface area contributed by atoms with Gasteiger partial charge in [0.15, 0.2) is 5.76 Å². The Balaban J connectivity index is 1.56. The lowest BCUT2D eigenvalue weighted by atomic mass is 10.1. The van der Waals surface area contributed by atoms with Crippen molar-refractivity contribution in [1.82, 2.24) is 0 Å². The van der Waals surface area contributed by atoms with Gasteiger partial charge in [0.25, 0.3) is 0 Å². The van der Waals surface area contributed by atoms with Crippen LogP contribution < -0.4 is 14.2 Å². The molecule has 27 heavy (non-hydrogen) atoms. The minimum Gasteiger partial charge on any atom is -0.497 e. The predicted octanol–water partition coefficient (Wildman–Crippen LogP) is 4.79. The van der Waals surface area contributed by atoms with Crippen LogP contribution in [0.2, 0.25) is 0 Å². The van der Waals surface area contributed by atoms with Gasteiger partial charge < -0.3 is 18.6 Å². The summed E-state index contributed by atoms with van der Waals surface area (Å²) in [6.07, 6.45) is 3.15. The Morgan fingerprint density at radius 3 is 2.78 bits per heavy atom. The SMILES string of the molecule is COc1cccc(COc2ccc3c(c2C)O/C(=C\c2ccco2)C3=O)c1. The molecule has 0 saturated carbocycles. The first-order valence-electron chi connectivity index (χ1n) is 8.53. The fourth-order valence-electron chi connectivity index (χ4n) is 2.95. The molecule has 0 saturated heterocycles. The molecule has 1 aliphatic rings. The molecule has 3 aromatic rings. The molecule has 0 atom stereocenters. The number of methoxy groups -OCH3 is 1. The summed E-state index contributed by atoms with van der Waals surface area (Å²) in [6, 6.07) is 14.7. The summed E-state index contributed by atoms with van der Waals surface area (Å²) in [5.74, 6) is 2.63. The number of hydrogen-bond donors (Lipinski definition) is 0. The molecule has 1 aliphatic heterocycles. The van der Waals surface area contributed by atoms with Crippen LogP contribution in [0, 0.1) is 6.92 Å². The first kappa shape index (κ1) is 17.0. The minimum absolute atomic E-state index is 0.163. The molecule has 0 amide bonds. The van der Waals surface area contributed by atoms with Gasteiger partial charge in [0.1, 0.15) is 29.6 Å². The van der Waals surface area contributed by atoms with Gasteiger partial charge in [-0.1, -0.05) is 12.1 Å². The lowest BCUT2D eigenvalue weighted by Crippen LogP contribution is -1.99. The zero-order valence-corrected chi connectivity index (χ0v) is 15.0. The van der Waals surface area contributed by atoms with E-state index >= 15 is 0 Å². The molecule has 0 spiro atoms. The Morgan fingerprint density at radius 1 is 1.11 bits per heavy atom. The van der Waals surface area contributed by atoms with Gasteiger partial charge in [-0.3, -0.25) is 4.79 Å². The topological polar surface area (TPSA) is 57.9 Å². The van der Waals surface area contributed by atoms with Crippen molar-refractivity contribution in [1.29, 1.82) is 0 Å². The van der Waals surface area contributed by atoms with Crippen LogP contribution in [-0.2, 0) is 6.61 Å². The summed E-state index contributed by atoms with van der Waals surface area (Å²) in [7, 11) is 1.63. The van der Waals surface area contributed by atoms with Crippen molar-refractivity contribution in [2.45, 2.75) is 13.5 Å². The number of carbonyl (C=O) groups excluding carboxylic acids is 1. The Hall–Kier alpha value is -3.47. The Kier molecular flexibility index (Phi) is 4.42. The summed E-state index contributed by atoms with van der Waals surface area (Å²) < 4.78 is 22.2. The number of furan rings is 1. The Bertz CT molecular complexity index is 1020. The lowest BCUT2D eigenvalue weighted by molar-refractivity contribution is 0.101. The van der Waals surface area contributed by atoms with E-state index in [1.807, 2.05) is 31.2 Å². The van der Waals surface area contributed by atoms with Crippen LogP contribution in [0.5, 0.6) is 17.2 Å². The molecule has 0 fully saturated rings. The Labute approximate surface area is 156 Å². The number of ether oxygens (including phenoxy) is 3. The molecular formula is C22H18O5. The third-order valence-corrected chi connectivity index (χ3v) is 4.38. The molecule has 0 aliphatic carbocycles. The summed E-state index contributed by atoms with van der Waals surface area (Å²) in [4.78, 5) is 12.5. The molecule has 0 unspecified atom stereocenters. The third kappa shape index (κ3) is 3.31. The summed E-state index contributed by atoms with van der Waals surface area (Å²) in [6.45, 7) is 2.27. The molecule has 2 heterocycles. The maximum atomic E-state index is 12.5. The summed E-state index contributed by atoms with van der Waals surface area (Å²) in [5.41, 5.74) is 2.30. The van der Waals surface area contributed by atoms with Crippen molar-refractivity contribution in [2.24, 2.45) is 0 Å². The fourth-order valence-corrected chi connectivity index (χ4v) is 2.95. The number of benzene rings is 2. The minimum atomic E-state index is -0.163. The van der Waals surface area contributed by atoms with E-state index in [1.54, 1.807) is 43.7 Å². The van der Waals surface area contributed by atoms with Crippen LogP contribution in [0.15, 0.2) is 65.0 Å². The summed E-state index contributed by atoms with van der Waals surface area (Å²) >= 11 is 0. The first-order chi connectivity index (χ1) is 13.2. The van der Waals surface area contributed by atoms with E-state index in [9.17, 15) is 4.79 Å². The van der Waals surface area contributed by atoms with Crippen LogP contribution >= 0.6 is 0 Å². The molecule has 5 heteroatoms. The van der Waals surface area contributed by atoms with E-state index in [2.05, 4.69) is 0 Å². The number of carbonyl (C=O) groups is 1. The maximum Gasteiger partial charge on any atom is 0.232 e. The van der Waals surface area contributed by atoms with Gasteiger partial charge in [0.2, 0.25) is 5.78 Å². The van der Waals surface area contributed by atoms with Crippen LogP contribution in [0.4, 0.5) is 0 Å². The Morgan fingerprint density at radius 2 is 2.00 bits per heavy atom. The van der Waals surface area contributed by atoms with Gasteiger partial charge in [0.05, 0.1) is 18.9 Å². The number of allylic oxidation sites excluding steroid dienone is 1. The van der Waals surface area contributed by atoms with Gasteiger partial charge >= 0.3 is 0 Å². The number of Topliss-reactive ketones (excluding diaryl/α,β-unsaturated/α-hetero) is 1. The molecule has 2 aromatic carbocycles. The second-order valence-electron chi connectivity index (χ2n) is 6.16. The monoisotopic (exact) mass is 362 g/mol. The van der Waals surface area contributed by atoms with Gasteiger partial charge in [-0.15, -0.1) is 0 Å². The fraction of sp³-hybridized carbons (Fsp3) is 0.136. The van der Waals surface area contributed by atoms with Crippen molar-refractivity contribution in [2.75, 3.05) is 7.11 Å². The number of ketones is 1. The highest BCUT2D eigenvalue weighted by molar-refractivity contribution is 6.14. The third-order valence-electron chi connectivity index (χ3n) is 4.38. The van der Waals surface area contributed by atoms with Crippen molar-refractivity contribution in [3.63, 3.8) is 0 Å². The molecule has 136 valence electrons. The van der Waals surface area contributed by atoms with Crippen LogP contribution in [0.25, 0.3) is 6.08 Å². The molecule has 0 bridgehead atoms. The molecule has 1 aromatic heterocycles. The zero-order chi connectivity index (χ0) is 18.8. The van der Waals surface area contributed by atoms with Crippen molar-refractivity contribution in [3.8, 4) is 17.2 Å². The lowest BCUT2D eigenvalue weighted by Gasteiger charge is -2.12. The van der Waals surface area contributed by atoms with Crippen LogP contribution in [0.1, 0.15) is 27.2 Å². The van der Waals surface area contributed by atoms with Crippen LogP contribution in [0.3, 0.4) is 0 Å². The van der Waals surface area contributed by atoms with Gasteiger partial charge in [0, 0.05) is 11.6 Å². The highest BCUT2D eigenvalue weighted by Crippen LogP contribution is 2.39. The first-order valence-corrected chi connectivity index (χ1v) is 8.53. The smallest absolute Gasteiger partial charge is 0.232 e. The number of rotatable bonds is 5. The van der Waals surface area contributed by atoms with E-state index in [0.29, 0.717) is 29.4 Å². The standard InChI is InChI=1S/C22H18O5/c1-14-19(26-13-15-5-3-6-16(11-15)24-2)9-8-18-21(23)20(27-22(14)18)12-17-7-4-10-25-17/h3-12H,13H2,1-2H3/b20-12-. The van der Waals surface area contributed by atoms with E-state index in [-0.39, 0.29) is 11.5 Å². The molecule has 0 N–H and O–H groups in total. The molecule has 5 nitrogen and oxygen atoms in total. The maximum absolute atomic E-state index is 12.5. The highest BCUT2D eigenvalue weighted by atomic mass is 16.5. The molecule has 4 rings (SSSR count). The van der Waals surface area contributed by atoms with E-state index in [1.165, 1.54) is 0 Å². The van der Waals surface area contributed by atoms with E-state index in [4.69, 9.17) is 18.6 Å². The second-order valence-corrected chi connectivity index (χ2v) is 6.16. The van der Waals surface area contributed by atoms with E-state index < -0.39 is 0 Å². The van der Waals surface area contributed by atoms with Crippen LogP contribution in [-0.4, -0.2) is 12.9 Å². The van der Waals surface area contributed by atoms with E-state index in [0.717, 1.165) is 16.9 Å². The number of hydrogen-bond acceptors (Lipinski definition) is 5. The highest BCUT2D eigenvalue weighted by Gasteiger charge is 2.30. The molecule has 0 radical (unpaired) electrons. The average Bonchev–Trinajstić information content (AvgIpc) is 3.31. The number of fused-ring (bicyclic) bond motifs is 1. The molecular weight excluding hydrogens is 344 g/mol. The van der Waals surface area contributed by atoms with Crippen molar-refractivity contribution in [3.05, 3.63) is 83.0 Å². The summed E-state index contributed by atoms with van der Waals surface area (Å²) in [5, 5.41) is 0. The van der Waals surface area contributed by atoms with Gasteiger partial charge in [-0.2, -0.15) is 0 Å². The predicted molar refractivity (Wildman–Crippen MR) is 100 cm³/mol. The van der Waals surface area contributed by atoms with Crippen molar-refractivity contribution < 1.29 is 23.4 Å². The van der Waals surface area contributed by atoms with Gasteiger partial charge in [-0.25, -0.2) is 0 Å². The second kappa shape index (κ2) is 7.03. The largest absolute Gasteiger partial charge is 0.497 e. The van der Waals surface area contributed by atoms with Crippen molar-refractivity contribution >= 4 is 11.9 Å². The zero-order valence-electron chi connectivity index (χ0n) is 15.0. The quantitative estimate of drug-likeness (QED) is 0.611. The van der Waals surface area contributed by atoms with Gasteiger partial charge in [-0.05, 0) is 48.9 Å². The average molecular weight is 362 g/mol. The normalized spacial score (nSPS) is 14.1.